The van der Waals surface area contributed by atoms with Crippen molar-refractivity contribution in [3.8, 4) is 0 Å². The van der Waals surface area contributed by atoms with E-state index in [0.717, 1.165) is 23.9 Å². The molecule has 3 heteroatoms. The molecule has 1 aliphatic rings. The minimum atomic E-state index is -0.336. The van der Waals surface area contributed by atoms with Gasteiger partial charge in [0.15, 0.2) is 0 Å². The van der Waals surface area contributed by atoms with E-state index in [-0.39, 0.29) is 6.23 Å². The van der Waals surface area contributed by atoms with Crippen LogP contribution in [0.1, 0.15) is 18.9 Å². The van der Waals surface area contributed by atoms with Crippen molar-refractivity contribution in [1.29, 1.82) is 0 Å². The first-order valence-electron chi connectivity index (χ1n) is 4.95. The van der Waals surface area contributed by atoms with Crippen LogP contribution < -0.4 is 4.90 Å². The molecule has 0 bridgehead atoms. The molecule has 0 saturated heterocycles. The molecule has 2 nitrogen and oxygen atoms in total. The van der Waals surface area contributed by atoms with Crippen molar-refractivity contribution in [3.05, 3.63) is 28.2 Å². The number of anilines is 1. The number of fused-ring (bicyclic) bond motifs is 1. The fourth-order valence-electron chi connectivity index (χ4n) is 1.93. The van der Waals surface area contributed by atoms with Gasteiger partial charge in [0.25, 0.3) is 0 Å². The van der Waals surface area contributed by atoms with E-state index in [2.05, 4.69) is 33.0 Å². The van der Waals surface area contributed by atoms with Crippen LogP contribution in [-0.2, 0) is 6.42 Å². The minimum Gasteiger partial charge on any atom is -0.374 e. The number of hydrogen-bond donors (Lipinski definition) is 1. The first-order valence-corrected chi connectivity index (χ1v) is 5.75. The lowest BCUT2D eigenvalue weighted by Crippen LogP contribution is -2.32. The van der Waals surface area contributed by atoms with E-state index in [4.69, 9.17) is 0 Å². The third-order valence-corrected chi connectivity index (χ3v) is 3.19. The lowest BCUT2D eigenvalue weighted by Gasteiger charge is -2.24. The topological polar surface area (TPSA) is 23.5 Å². The molecule has 0 aromatic heterocycles. The fourth-order valence-corrected chi connectivity index (χ4v) is 2.33. The number of benzene rings is 1. The summed E-state index contributed by atoms with van der Waals surface area (Å²) in [6.07, 6.45) is 1.47. The highest BCUT2D eigenvalue weighted by atomic mass is 79.9. The normalized spacial score (nSPS) is 16.9. The summed E-state index contributed by atoms with van der Waals surface area (Å²) < 4.78 is 1.11. The van der Waals surface area contributed by atoms with Gasteiger partial charge in [-0.05, 0) is 36.6 Å². The molecule has 1 heterocycles. The Morgan fingerprint density at radius 2 is 2.36 bits per heavy atom. The van der Waals surface area contributed by atoms with Gasteiger partial charge < -0.3 is 10.0 Å². The van der Waals surface area contributed by atoms with E-state index < -0.39 is 0 Å². The van der Waals surface area contributed by atoms with Crippen LogP contribution in [-0.4, -0.2) is 17.9 Å². The summed E-state index contributed by atoms with van der Waals surface area (Å²) in [5, 5.41) is 9.79. The van der Waals surface area contributed by atoms with E-state index in [1.165, 1.54) is 11.3 Å². The summed E-state index contributed by atoms with van der Waals surface area (Å²) in [5.74, 6) is 0. The van der Waals surface area contributed by atoms with Gasteiger partial charge in [-0.2, -0.15) is 0 Å². The summed E-state index contributed by atoms with van der Waals surface area (Å²) >= 11 is 3.46. The van der Waals surface area contributed by atoms with Crippen molar-refractivity contribution in [2.75, 3.05) is 11.4 Å². The molecule has 1 aromatic carbocycles. The zero-order chi connectivity index (χ0) is 10.1. The third kappa shape index (κ3) is 1.66. The average Bonchev–Trinajstić information content (AvgIpc) is 2.59. The van der Waals surface area contributed by atoms with Crippen LogP contribution in [0.2, 0.25) is 0 Å². The van der Waals surface area contributed by atoms with E-state index in [1.807, 2.05) is 13.0 Å². The molecule has 0 fully saturated rings. The average molecular weight is 256 g/mol. The van der Waals surface area contributed by atoms with Gasteiger partial charge in [-0.25, -0.2) is 0 Å². The smallest absolute Gasteiger partial charge is 0.126 e. The van der Waals surface area contributed by atoms with Crippen molar-refractivity contribution < 1.29 is 5.11 Å². The van der Waals surface area contributed by atoms with Gasteiger partial charge in [0.2, 0.25) is 0 Å². The van der Waals surface area contributed by atoms with Crippen LogP contribution in [0.4, 0.5) is 5.69 Å². The predicted molar refractivity (Wildman–Crippen MR) is 61.5 cm³/mol. The Hall–Kier alpha value is -0.540. The highest BCUT2D eigenvalue weighted by Gasteiger charge is 2.23. The van der Waals surface area contributed by atoms with Gasteiger partial charge in [-0.15, -0.1) is 0 Å². The van der Waals surface area contributed by atoms with Crippen molar-refractivity contribution in [3.63, 3.8) is 0 Å². The summed E-state index contributed by atoms with van der Waals surface area (Å²) in [5.41, 5.74) is 2.51. The van der Waals surface area contributed by atoms with Crippen LogP contribution in [0.15, 0.2) is 22.7 Å². The lowest BCUT2D eigenvalue weighted by atomic mass is 10.2. The highest BCUT2D eigenvalue weighted by molar-refractivity contribution is 9.10. The maximum Gasteiger partial charge on any atom is 0.126 e. The first-order chi connectivity index (χ1) is 6.72. The first kappa shape index (κ1) is 9.99. The summed E-state index contributed by atoms with van der Waals surface area (Å²) in [6, 6.07) is 6.24. The van der Waals surface area contributed by atoms with Gasteiger partial charge in [0, 0.05) is 16.7 Å². The molecular weight excluding hydrogens is 242 g/mol. The zero-order valence-electron chi connectivity index (χ0n) is 8.20. The molecule has 0 aliphatic carbocycles. The van der Waals surface area contributed by atoms with E-state index in [9.17, 15) is 5.11 Å². The maximum absolute atomic E-state index is 9.79. The number of halogens is 1. The summed E-state index contributed by atoms with van der Waals surface area (Å²) in [6.45, 7) is 2.93. The minimum absolute atomic E-state index is 0.336. The fraction of sp³-hybridized carbons (Fsp3) is 0.455. The summed E-state index contributed by atoms with van der Waals surface area (Å²) in [7, 11) is 0. The molecule has 0 amide bonds. The number of aliphatic hydroxyl groups is 1. The zero-order valence-corrected chi connectivity index (χ0v) is 9.79. The monoisotopic (exact) mass is 255 g/mol. The molecule has 1 N–H and O–H groups in total. The number of hydrogen-bond acceptors (Lipinski definition) is 2. The summed E-state index contributed by atoms with van der Waals surface area (Å²) in [4.78, 5) is 2.07. The molecule has 2 rings (SSSR count). The van der Waals surface area contributed by atoms with Crippen molar-refractivity contribution in [2.45, 2.75) is 26.0 Å². The number of rotatable bonds is 2. The molecule has 0 spiro atoms. The molecular formula is C11H14BrNO. The third-order valence-electron chi connectivity index (χ3n) is 2.70. The number of aliphatic hydroxyl groups excluding tert-OH is 1. The molecule has 0 radical (unpaired) electrons. The Morgan fingerprint density at radius 1 is 1.57 bits per heavy atom. The second-order valence-corrected chi connectivity index (χ2v) is 4.52. The predicted octanol–water partition coefficient (Wildman–Crippen LogP) is 2.54. The Balaban J connectivity index is 2.31. The van der Waals surface area contributed by atoms with Crippen molar-refractivity contribution in [2.24, 2.45) is 0 Å². The van der Waals surface area contributed by atoms with Gasteiger partial charge >= 0.3 is 0 Å². The quantitative estimate of drug-likeness (QED) is 0.878. The van der Waals surface area contributed by atoms with Gasteiger partial charge in [-0.3, -0.25) is 0 Å². The van der Waals surface area contributed by atoms with Crippen LogP contribution in [0.25, 0.3) is 0 Å². The molecule has 1 unspecified atom stereocenters. The highest BCUT2D eigenvalue weighted by Crippen LogP contribution is 2.31. The Labute approximate surface area is 92.7 Å². The molecule has 1 aromatic rings. The van der Waals surface area contributed by atoms with Crippen LogP contribution in [0.3, 0.4) is 0 Å². The van der Waals surface area contributed by atoms with E-state index in [1.54, 1.807) is 0 Å². The second kappa shape index (κ2) is 3.91. The van der Waals surface area contributed by atoms with Gasteiger partial charge in [-0.1, -0.05) is 22.9 Å². The number of nitrogens with zero attached hydrogens (tertiary/aromatic N) is 1. The molecule has 0 saturated carbocycles. The van der Waals surface area contributed by atoms with E-state index >= 15 is 0 Å². The largest absolute Gasteiger partial charge is 0.374 e. The van der Waals surface area contributed by atoms with E-state index in [0.29, 0.717) is 0 Å². The van der Waals surface area contributed by atoms with Crippen LogP contribution in [0.5, 0.6) is 0 Å². The molecule has 76 valence electrons. The molecule has 1 aliphatic heterocycles. The lowest BCUT2D eigenvalue weighted by molar-refractivity contribution is 0.167. The Bertz CT molecular complexity index is 340. The van der Waals surface area contributed by atoms with Gasteiger partial charge in [0.1, 0.15) is 6.23 Å². The van der Waals surface area contributed by atoms with Crippen LogP contribution >= 0.6 is 15.9 Å². The maximum atomic E-state index is 9.79. The SMILES string of the molecule is CCC(O)N1CCc2cc(Br)ccc21. The second-order valence-electron chi connectivity index (χ2n) is 3.61. The van der Waals surface area contributed by atoms with Gasteiger partial charge in [0.05, 0.1) is 0 Å². The van der Waals surface area contributed by atoms with Crippen molar-refractivity contribution in [1.82, 2.24) is 0 Å². The standard InChI is InChI=1S/C11H14BrNO/c1-2-11(14)13-6-5-8-7-9(12)3-4-10(8)13/h3-4,7,11,14H,2,5-6H2,1H3. The molecule has 14 heavy (non-hydrogen) atoms. The van der Waals surface area contributed by atoms with Crippen molar-refractivity contribution >= 4 is 21.6 Å². The Kier molecular flexibility index (Phi) is 2.79. The Morgan fingerprint density at radius 3 is 3.07 bits per heavy atom. The molecule has 1 atom stereocenters. The van der Waals surface area contributed by atoms with Crippen LogP contribution in [0, 0.1) is 0 Å².